The lowest BCUT2D eigenvalue weighted by Crippen LogP contribution is -2.59. The van der Waals surface area contributed by atoms with Gasteiger partial charge in [-0.2, -0.15) is 0 Å². The quantitative estimate of drug-likeness (QED) is 0.784. The van der Waals surface area contributed by atoms with E-state index in [1.165, 1.54) is 19.3 Å². The first-order valence-corrected chi connectivity index (χ1v) is 8.73. The van der Waals surface area contributed by atoms with Crippen molar-refractivity contribution in [2.45, 2.75) is 50.8 Å². The highest BCUT2D eigenvalue weighted by molar-refractivity contribution is 6.30. The van der Waals surface area contributed by atoms with E-state index >= 15 is 0 Å². The van der Waals surface area contributed by atoms with Gasteiger partial charge >= 0.3 is 0 Å². The van der Waals surface area contributed by atoms with E-state index in [2.05, 4.69) is 4.90 Å². The Morgan fingerprint density at radius 1 is 1.23 bits per heavy atom. The summed E-state index contributed by atoms with van der Waals surface area (Å²) in [5, 5.41) is 0.718. The lowest BCUT2D eigenvalue weighted by molar-refractivity contribution is -0.222. The molecule has 3 fully saturated rings. The van der Waals surface area contributed by atoms with Gasteiger partial charge in [0.25, 0.3) is 0 Å². The van der Waals surface area contributed by atoms with Crippen LogP contribution >= 0.6 is 11.6 Å². The van der Waals surface area contributed by atoms with Crippen molar-refractivity contribution in [3.63, 3.8) is 0 Å². The number of ether oxygens (including phenoxy) is 1. The van der Waals surface area contributed by atoms with E-state index in [1.54, 1.807) is 0 Å². The van der Waals surface area contributed by atoms with Crippen LogP contribution in [0.15, 0.2) is 24.3 Å². The van der Waals surface area contributed by atoms with E-state index in [0.717, 1.165) is 30.0 Å². The van der Waals surface area contributed by atoms with E-state index in [0.29, 0.717) is 12.0 Å². The van der Waals surface area contributed by atoms with Crippen molar-refractivity contribution in [1.29, 1.82) is 0 Å². The minimum absolute atomic E-state index is 0.0244. The lowest BCUT2D eigenvalue weighted by atomic mass is 9.81. The van der Waals surface area contributed by atoms with E-state index in [-0.39, 0.29) is 11.8 Å². The van der Waals surface area contributed by atoms with Crippen molar-refractivity contribution in [3.8, 4) is 0 Å². The molecule has 0 unspecified atom stereocenters. The molecule has 1 aromatic rings. The highest BCUT2D eigenvalue weighted by Gasteiger charge is 2.58. The van der Waals surface area contributed by atoms with Crippen LogP contribution in [0.25, 0.3) is 0 Å². The molecule has 4 atom stereocenters. The lowest BCUT2D eigenvalue weighted by Gasteiger charge is -2.52. The van der Waals surface area contributed by atoms with E-state index in [9.17, 15) is 4.79 Å². The molecule has 3 aliphatic rings. The molecule has 0 radical (unpaired) electrons. The molecular formula is C18H22ClNO2. The molecule has 0 bridgehead atoms. The first kappa shape index (κ1) is 14.5. The number of rotatable bonds is 1. The third-order valence-electron chi connectivity index (χ3n) is 5.66. The Labute approximate surface area is 136 Å². The number of carbonyl (C=O) groups is 1. The number of fused-ring (bicyclic) bond motifs is 3. The Hall–Kier alpha value is -1.06. The molecule has 1 aromatic carbocycles. The van der Waals surface area contributed by atoms with Gasteiger partial charge < -0.3 is 9.64 Å². The second-order valence-electron chi connectivity index (χ2n) is 7.03. The predicted octanol–water partition coefficient (Wildman–Crippen LogP) is 3.95. The van der Waals surface area contributed by atoms with Crippen LogP contribution in [0, 0.1) is 11.8 Å². The molecule has 0 spiro atoms. The van der Waals surface area contributed by atoms with Crippen LogP contribution in [0.2, 0.25) is 5.02 Å². The second kappa shape index (κ2) is 5.24. The Balaban J connectivity index is 1.78. The molecule has 2 aliphatic heterocycles. The van der Waals surface area contributed by atoms with Crippen molar-refractivity contribution in [3.05, 3.63) is 34.9 Å². The molecular weight excluding hydrogens is 298 g/mol. The summed E-state index contributed by atoms with van der Waals surface area (Å²) in [4.78, 5) is 15.0. The monoisotopic (exact) mass is 319 g/mol. The second-order valence-corrected chi connectivity index (χ2v) is 7.46. The molecule has 118 valence electrons. The molecule has 22 heavy (non-hydrogen) atoms. The van der Waals surface area contributed by atoms with Gasteiger partial charge in [0.1, 0.15) is 0 Å². The van der Waals surface area contributed by atoms with Crippen molar-refractivity contribution in [2.24, 2.45) is 11.8 Å². The van der Waals surface area contributed by atoms with Gasteiger partial charge in [-0.3, -0.25) is 4.79 Å². The topological polar surface area (TPSA) is 29.5 Å². The zero-order chi connectivity index (χ0) is 15.3. The van der Waals surface area contributed by atoms with Crippen molar-refractivity contribution in [2.75, 3.05) is 6.61 Å². The largest absolute Gasteiger partial charge is 0.351 e. The first-order chi connectivity index (χ1) is 10.6. The van der Waals surface area contributed by atoms with Crippen LogP contribution in [0.4, 0.5) is 0 Å². The maximum Gasteiger partial charge on any atom is 0.228 e. The van der Waals surface area contributed by atoms with Gasteiger partial charge in [0.05, 0.1) is 6.61 Å². The third-order valence-corrected chi connectivity index (χ3v) is 5.92. The van der Waals surface area contributed by atoms with Gasteiger partial charge in [0.15, 0.2) is 5.72 Å². The summed E-state index contributed by atoms with van der Waals surface area (Å²) >= 11 is 6.04. The van der Waals surface area contributed by atoms with Crippen LogP contribution in [-0.4, -0.2) is 23.5 Å². The Morgan fingerprint density at radius 2 is 1.95 bits per heavy atom. The maximum atomic E-state index is 12.9. The fraction of sp³-hybridized carbons (Fsp3) is 0.611. The maximum absolute atomic E-state index is 12.9. The van der Waals surface area contributed by atoms with Gasteiger partial charge in [0.2, 0.25) is 5.91 Å². The molecule has 0 aromatic heterocycles. The average Bonchev–Trinajstić information content (AvgIpc) is 2.80. The summed E-state index contributed by atoms with van der Waals surface area (Å²) in [5.41, 5.74) is 0.498. The Kier molecular flexibility index (Phi) is 3.46. The molecule has 2 heterocycles. The zero-order valence-corrected chi connectivity index (χ0v) is 13.7. The molecule has 0 N–H and O–H groups in total. The first-order valence-electron chi connectivity index (χ1n) is 8.35. The van der Waals surface area contributed by atoms with Crippen LogP contribution in [0.1, 0.15) is 44.6 Å². The normalized spacial score (nSPS) is 37.8. The number of hydrogen-bond acceptors (Lipinski definition) is 2. The molecule has 1 aliphatic carbocycles. The fourth-order valence-electron chi connectivity index (χ4n) is 4.59. The van der Waals surface area contributed by atoms with Crippen molar-refractivity contribution < 1.29 is 9.53 Å². The number of amides is 1. The number of hydrogen-bond donors (Lipinski definition) is 0. The summed E-state index contributed by atoms with van der Waals surface area (Å²) in [7, 11) is 0. The number of benzene rings is 1. The van der Waals surface area contributed by atoms with Crippen molar-refractivity contribution >= 4 is 17.5 Å². The number of carbonyl (C=O) groups excluding carboxylic acids is 1. The van der Waals surface area contributed by atoms with Crippen LogP contribution in [0.5, 0.6) is 0 Å². The number of nitrogens with zero attached hydrogens (tertiary/aromatic N) is 1. The summed E-state index contributed by atoms with van der Waals surface area (Å²) < 4.78 is 6.39. The molecule has 3 nitrogen and oxygen atoms in total. The van der Waals surface area contributed by atoms with Gasteiger partial charge in [-0.15, -0.1) is 0 Å². The van der Waals surface area contributed by atoms with E-state index in [4.69, 9.17) is 16.3 Å². The Bertz CT molecular complexity index is 587. The molecule has 4 heteroatoms. The highest BCUT2D eigenvalue weighted by atomic mass is 35.5. The van der Waals surface area contributed by atoms with E-state index < -0.39 is 5.72 Å². The van der Waals surface area contributed by atoms with E-state index in [1.807, 2.05) is 31.2 Å². The average molecular weight is 320 g/mol. The summed E-state index contributed by atoms with van der Waals surface area (Å²) in [5.74, 6) is 0.784. The molecule has 2 saturated heterocycles. The van der Waals surface area contributed by atoms with Crippen molar-refractivity contribution in [1.82, 2.24) is 4.90 Å². The minimum Gasteiger partial charge on any atom is -0.351 e. The summed E-state index contributed by atoms with van der Waals surface area (Å²) in [6.07, 6.45) is 5.52. The third kappa shape index (κ3) is 2.02. The standard InChI is InChI=1S/C18H22ClNO2/c1-12-10-18(14-6-8-15(19)9-7-14)20(17(12)21)16-5-3-2-4-13(16)11-22-18/h6-9,12-13,16H,2-5,10-11H2,1H3/t12-,13-,16-,18-/m0/s1. The highest BCUT2D eigenvalue weighted by Crippen LogP contribution is 2.51. The van der Waals surface area contributed by atoms with Gasteiger partial charge in [-0.05, 0) is 25.0 Å². The summed E-state index contributed by atoms with van der Waals surface area (Å²) in [6, 6.07) is 8.17. The van der Waals surface area contributed by atoms with Crippen LogP contribution in [0.3, 0.4) is 0 Å². The minimum atomic E-state index is -0.570. The smallest absolute Gasteiger partial charge is 0.228 e. The predicted molar refractivity (Wildman–Crippen MR) is 85.5 cm³/mol. The Morgan fingerprint density at radius 3 is 2.73 bits per heavy atom. The van der Waals surface area contributed by atoms with Crippen LogP contribution < -0.4 is 0 Å². The SMILES string of the molecule is C[C@H]1C[C@@]2(c3ccc(Cl)cc3)OC[C@@H]3CCCC[C@@H]3N2C1=O. The van der Waals surface area contributed by atoms with Gasteiger partial charge in [-0.25, -0.2) is 0 Å². The van der Waals surface area contributed by atoms with Crippen LogP contribution in [-0.2, 0) is 15.3 Å². The number of halogens is 1. The van der Waals surface area contributed by atoms with Gasteiger partial charge in [-0.1, -0.05) is 43.5 Å². The molecule has 1 saturated carbocycles. The van der Waals surface area contributed by atoms with Gasteiger partial charge in [0, 0.05) is 34.9 Å². The zero-order valence-electron chi connectivity index (χ0n) is 12.9. The summed E-state index contributed by atoms with van der Waals surface area (Å²) in [6.45, 7) is 2.79. The molecule has 1 amide bonds. The fourth-order valence-corrected chi connectivity index (χ4v) is 4.72. The molecule has 4 rings (SSSR count).